The van der Waals surface area contributed by atoms with Crippen molar-refractivity contribution in [2.24, 2.45) is 0 Å². The minimum atomic E-state index is -3.82. The zero-order chi connectivity index (χ0) is 27.0. The summed E-state index contributed by atoms with van der Waals surface area (Å²) in [4.78, 5) is 12.2. The second-order valence-electron chi connectivity index (χ2n) is 10.4. The van der Waals surface area contributed by atoms with Crippen LogP contribution < -0.4 is 0 Å². The summed E-state index contributed by atoms with van der Waals surface area (Å²) >= 11 is 0. The molecular weight excluding hydrogens is 507 g/mol. The molecule has 0 amide bonds. The lowest BCUT2D eigenvalue weighted by Gasteiger charge is -2.31. The normalized spacial score (nSPS) is 20.4. The molecule has 0 spiro atoms. The largest absolute Gasteiger partial charge is 0.462 e. The molecule has 5 rings (SSSR count). The first-order valence-corrected chi connectivity index (χ1v) is 14.6. The van der Waals surface area contributed by atoms with Crippen LogP contribution in [0.2, 0.25) is 0 Å². The summed E-state index contributed by atoms with van der Waals surface area (Å²) in [5, 5.41) is 10.1. The predicted molar refractivity (Wildman–Crippen MR) is 142 cm³/mol. The number of aliphatic hydroxyl groups excluding tert-OH is 1. The minimum Gasteiger partial charge on any atom is -0.462 e. The van der Waals surface area contributed by atoms with E-state index in [9.17, 15) is 22.7 Å². The number of carbonyl (C=O) groups is 1. The molecule has 3 heterocycles. The maximum Gasteiger partial charge on any atom is 0.308 e. The van der Waals surface area contributed by atoms with E-state index in [4.69, 9.17) is 4.74 Å². The highest BCUT2D eigenvalue weighted by Crippen LogP contribution is 2.46. The van der Waals surface area contributed by atoms with Crippen molar-refractivity contribution in [3.8, 4) is 22.4 Å². The Bertz CT molecular complexity index is 1410. The number of cyclic esters (lactones) is 1. The summed E-state index contributed by atoms with van der Waals surface area (Å²) in [6.07, 6.45) is 0.301. The molecule has 38 heavy (non-hydrogen) atoms. The van der Waals surface area contributed by atoms with Crippen LogP contribution >= 0.6 is 0 Å². The van der Waals surface area contributed by atoms with E-state index in [2.05, 4.69) is 0 Å². The first-order valence-electron chi connectivity index (χ1n) is 13.1. The number of esters is 1. The fourth-order valence-corrected chi connectivity index (χ4v) is 7.51. The highest BCUT2D eigenvalue weighted by atomic mass is 32.2. The zero-order valence-corrected chi connectivity index (χ0v) is 22.5. The van der Waals surface area contributed by atoms with Crippen molar-refractivity contribution < 1.29 is 27.4 Å². The van der Waals surface area contributed by atoms with Gasteiger partial charge in [0.05, 0.1) is 18.2 Å². The van der Waals surface area contributed by atoms with Gasteiger partial charge >= 0.3 is 5.97 Å². The van der Waals surface area contributed by atoms with Crippen molar-refractivity contribution in [2.75, 3.05) is 13.1 Å². The molecule has 1 aromatic heterocycles. The van der Waals surface area contributed by atoms with Crippen LogP contribution in [0.1, 0.15) is 51.1 Å². The SMILES string of the molecule is CC(C)c1c(S(=O)(=O)N2CCC2)c(-c2ccccc2)c(-c2ccc(F)cc2)n1CCC1CC(O)CC(=O)O1. The summed E-state index contributed by atoms with van der Waals surface area (Å²) in [6.45, 7) is 5.24. The summed E-state index contributed by atoms with van der Waals surface area (Å²) in [5.41, 5.74) is 3.39. The predicted octanol–water partition coefficient (Wildman–Crippen LogP) is 4.94. The van der Waals surface area contributed by atoms with Crippen molar-refractivity contribution >= 4 is 16.0 Å². The van der Waals surface area contributed by atoms with E-state index >= 15 is 0 Å². The number of hydrogen-bond donors (Lipinski definition) is 1. The first kappa shape index (κ1) is 26.6. The Kier molecular flexibility index (Phi) is 7.44. The molecule has 2 saturated heterocycles. The van der Waals surface area contributed by atoms with Crippen molar-refractivity contribution in [3.05, 3.63) is 66.1 Å². The number of aromatic nitrogens is 1. The van der Waals surface area contributed by atoms with Gasteiger partial charge in [-0.05, 0) is 47.7 Å². The number of nitrogens with zero attached hydrogens (tertiary/aromatic N) is 2. The van der Waals surface area contributed by atoms with Gasteiger partial charge in [0.15, 0.2) is 0 Å². The second-order valence-corrected chi connectivity index (χ2v) is 12.2. The molecule has 2 aliphatic heterocycles. The molecule has 9 heteroatoms. The van der Waals surface area contributed by atoms with Gasteiger partial charge in [-0.25, -0.2) is 12.8 Å². The summed E-state index contributed by atoms with van der Waals surface area (Å²) in [7, 11) is -3.82. The van der Waals surface area contributed by atoms with Crippen LogP contribution in [-0.2, 0) is 26.1 Å². The van der Waals surface area contributed by atoms with Crippen molar-refractivity contribution in [1.82, 2.24) is 8.87 Å². The number of ether oxygens (including phenoxy) is 1. The maximum absolute atomic E-state index is 14.1. The molecule has 2 aromatic carbocycles. The third-order valence-corrected chi connectivity index (χ3v) is 9.28. The van der Waals surface area contributed by atoms with Gasteiger partial charge in [-0.2, -0.15) is 4.31 Å². The highest BCUT2D eigenvalue weighted by Gasteiger charge is 2.39. The van der Waals surface area contributed by atoms with Gasteiger partial charge in [0.2, 0.25) is 10.0 Å². The molecule has 2 fully saturated rings. The third kappa shape index (κ3) is 5.02. The summed E-state index contributed by atoms with van der Waals surface area (Å²) < 4.78 is 51.2. The molecule has 0 radical (unpaired) electrons. The number of halogens is 1. The number of hydrogen-bond acceptors (Lipinski definition) is 5. The van der Waals surface area contributed by atoms with E-state index < -0.39 is 28.2 Å². The minimum absolute atomic E-state index is 0.0194. The van der Waals surface area contributed by atoms with Gasteiger partial charge in [-0.1, -0.05) is 44.2 Å². The van der Waals surface area contributed by atoms with E-state index in [1.165, 1.54) is 16.4 Å². The second kappa shape index (κ2) is 10.6. The van der Waals surface area contributed by atoms with Crippen molar-refractivity contribution in [2.45, 2.75) is 69.1 Å². The van der Waals surface area contributed by atoms with Gasteiger partial charge < -0.3 is 14.4 Å². The zero-order valence-electron chi connectivity index (χ0n) is 21.6. The van der Waals surface area contributed by atoms with Gasteiger partial charge in [0, 0.05) is 43.7 Å². The Morgan fingerprint density at radius 3 is 2.32 bits per heavy atom. The molecule has 2 aliphatic rings. The molecule has 2 atom stereocenters. The summed E-state index contributed by atoms with van der Waals surface area (Å²) in [5.74, 6) is -0.971. The van der Waals surface area contributed by atoms with Gasteiger partial charge in [0.25, 0.3) is 0 Å². The van der Waals surface area contributed by atoms with Gasteiger partial charge in [0.1, 0.15) is 16.8 Å². The topological polar surface area (TPSA) is 88.8 Å². The number of benzene rings is 2. The van der Waals surface area contributed by atoms with Crippen LogP contribution in [0.4, 0.5) is 4.39 Å². The smallest absolute Gasteiger partial charge is 0.308 e. The molecule has 2 unspecified atom stereocenters. The monoisotopic (exact) mass is 540 g/mol. The first-order chi connectivity index (χ1) is 18.2. The lowest BCUT2D eigenvalue weighted by molar-refractivity contribution is -0.160. The van der Waals surface area contributed by atoms with Crippen LogP contribution in [0.15, 0.2) is 59.5 Å². The van der Waals surface area contributed by atoms with Crippen LogP contribution in [0, 0.1) is 5.82 Å². The molecule has 1 N–H and O–H groups in total. The van der Waals surface area contributed by atoms with E-state index in [-0.39, 0.29) is 23.1 Å². The number of rotatable bonds is 8. The van der Waals surface area contributed by atoms with Crippen molar-refractivity contribution in [3.63, 3.8) is 0 Å². The lowest BCUT2D eigenvalue weighted by atomic mass is 10.0. The summed E-state index contributed by atoms with van der Waals surface area (Å²) in [6, 6.07) is 15.5. The number of carbonyl (C=O) groups excluding carboxylic acids is 1. The molecule has 202 valence electrons. The van der Waals surface area contributed by atoms with Crippen LogP contribution in [0.5, 0.6) is 0 Å². The average Bonchev–Trinajstić information content (AvgIpc) is 3.18. The Balaban J connectivity index is 1.75. The molecule has 0 aliphatic carbocycles. The maximum atomic E-state index is 14.1. The van der Waals surface area contributed by atoms with Crippen LogP contribution in [-0.4, -0.2) is 53.7 Å². The fourth-order valence-electron chi connectivity index (χ4n) is 5.43. The Hall–Kier alpha value is -3.01. The number of sulfonamides is 1. The molecule has 0 saturated carbocycles. The standard InChI is InChI=1S/C29H33FN2O5S/c1-19(2)27-29(38(35,36)31-14-6-15-31)26(20-7-4-3-5-8-20)28(21-9-11-22(30)12-10-21)32(27)16-13-24-17-23(33)18-25(34)37-24/h3-5,7-12,19,23-24,33H,6,13-18H2,1-2H3. The Labute approximate surface area is 222 Å². The van der Waals surface area contributed by atoms with Gasteiger partial charge in [-0.3, -0.25) is 4.79 Å². The van der Waals surface area contributed by atoms with Gasteiger partial charge in [-0.15, -0.1) is 0 Å². The quantitative estimate of drug-likeness (QED) is 0.409. The van der Waals surface area contributed by atoms with Crippen LogP contribution in [0.3, 0.4) is 0 Å². The molecular formula is C29H33FN2O5S. The molecule has 7 nitrogen and oxygen atoms in total. The highest BCUT2D eigenvalue weighted by molar-refractivity contribution is 7.89. The van der Waals surface area contributed by atoms with E-state index in [1.54, 1.807) is 12.1 Å². The van der Waals surface area contributed by atoms with E-state index in [1.807, 2.05) is 48.7 Å². The molecule has 0 bridgehead atoms. The lowest BCUT2D eigenvalue weighted by Crippen LogP contribution is -2.42. The third-order valence-electron chi connectivity index (χ3n) is 7.31. The fraction of sp³-hybridized carbons (Fsp3) is 0.414. The number of aliphatic hydroxyl groups is 1. The van der Waals surface area contributed by atoms with Crippen molar-refractivity contribution in [1.29, 1.82) is 0 Å². The average molecular weight is 541 g/mol. The Morgan fingerprint density at radius 1 is 1.05 bits per heavy atom. The Morgan fingerprint density at radius 2 is 1.74 bits per heavy atom. The van der Waals surface area contributed by atoms with E-state index in [0.717, 1.165) is 12.0 Å². The van der Waals surface area contributed by atoms with Crippen LogP contribution in [0.25, 0.3) is 22.4 Å². The molecule has 3 aromatic rings. The van der Waals surface area contributed by atoms with E-state index in [0.29, 0.717) is 55.0 Å².